The second-order valence-electron chi connectivity index (χ2n) is 5.90. The lowest BCUT2D eigenvalue weighted by Crippen LogP contribution is -2.23. The molecule has 0 unspecified atom stereocenters. The molecule has 1 atom stereocenters. The monoisotopic (exact) mass is 361 g/mol. The topological polar surface area (TPSA) is 103 Å². The number of nitrogens with one attached hydrogen (secondary N) is 1. The van der Waals surface area contributed by atoms with E-state index in [2.05, 4.69) is 20.5 Å². The van der Waals surface area contributed by atoms with Crippen LogP contribution in [0.1, 0.15) is 22.0 Å². The van der Waals surface area contributed by atoms with Gasteiger partial charge < -0.3 is 9.72 Å². The van der Waals surface area contributed by atoms with Gasteiger partial charge in [-0.25, -0.2) is 4.68 Å². The molecular weight excluding hydrogens is 346 g/mol. The molecule has 2 heterocycles. The summed E-state index contributed by atoms with van der Waals surface area (Å²) in [6.45, 7) is -0.183. The zero-order chi connectivity index (χ0) is 18.6. The van der Waals surface area contributed by atoms with Gasteiger partial charge in [-0.2, -0.15) is 0 Å². The van der Waals surface area contributed by atoms with Crippen molar-refractivity contribution in [1.29, 1.82) is 0 Å². The third-order valence-electron chi connectivity index (χ3n) is 4.13. The fourth-order valence-electron chi connectivity index (χ4n) is 2.87. The van der Waals surface area contributed by atoms with Crippen molar-refractivity contribution in [2.75, 3.05) is 0 Å². The number of ketones is 1. The fourth-order valence-corrected chi connectivity index (χ4v) is 2.87. The molecule has 8 heteroatoms. The summed E-state index contributed by atoms with van der Waals surface area (Å²) in [5, 5.41) is 11.4. The number of benzene rings is 2. The Bertz CT molecular complexity index is 1070. The number of hydrogen-bond acceptors (Lipinski definition) is 6. The first-order valence-electron chi connectivity index (χ1n) is 8.28. The van der Waals surface area contributed by atoms with Crippen molar-refractivity contribution in [3.8, 4) is 0 Å². The minimum absolute atomic E-state index is 0.183. The summed E-state index contributed by atoms with van der Waals surface area (Å²) < 4.78 is 6.76. The van der Waals surface area contributed by atoms with Gasteiger partial charge in [-0.3, -0.25) is 9.59 Å². The number of carbonyl (C=O) groups is 2. The number of hydrogen-bond donors (Lipinski definition) is 1. The van der Waals surface area contributed by atoms with E-state index < -0.39 is 12.1 Å². The average Bonchev–Trinajstić information content (AvgIpc) is 3.36. The summed E-state index contributed by atoms with van der Waals surface area (Å²) in [4.78, 5) is 28.6. The van der Waals surface area contributed by atoms with Gasteiger partial charge in [0.1, 0.15) is 12.9 Å². The van der Waals surface area contributed by atoms with Gasteiger partial charge in [0.2, 0.25) is 5.78 Å². The molecule has 27 heavy (non-hydrogen) atoms. The number of para-hydroxylation sites is 1. The van der Waals surface area contributed by atoms with E-state index in [-0.39, 0.29) is 12.3 Å². The molecule has 2 aromatic heterocycles. The Labute approximate surface area is 153 Å². The highest BCUT2D eigenvalue weighted by Gasteiger charge is 2.28. The van der Waals surface area contributed by atoms with Crippen LogP contribution in [0.2, 0.25) is 0 Å². The summed E-state index contributed by atoms with van der Waals surface area (Å²) >= 11 is 0. The number of aromatic nitrogens is 5. The van der Waals surface area contributed by atoms with Crippen molar-refractivity contribution in [3.05, 3.63) is 78.2 Å². The summed E-state index contributed by atoms with van der Waals surface area (Å²) in [7, 11) is 0. The van der Waals surface area contributed by atoms with Gasteiger partial charge in [-0.1, -0.05) is 48.5 Å². The molecule has 0 saturated carbocycles. The van der Waals surface area contributed by atoms with E-state index in [1.807, 2.05) is 30.3 Å². The molecule has 0 aliphatic carbocycles. The van der Waals surface area contributed by atoms with Crippen LogP contribution >= 0.6 is 0 Å². The minimum atomic E-state index is -1.06. The van der Waals surface area contributed by atoms with Gasteiger partial charge in [0.25, 0.3) is 0 Å². The maximum atomic E-state index is 13.2. The SMILES string of the molecule is O=C(Cn1cnnn1)O[C@H](C(=O)c1c[nH]c2ccccc12)c1ccccc1. The molecule has 4 aromatic rings. The number of rotatable bonds is 6. The molecule has 0 aliphatic rings. The molecule has 134 valence electrons. The van der Waals surface area contributed by atoms with Crippen LogP contribution in [0.5, 0.6) is 0 Å². The van der Waals surface area contributed by atoms with E-state index in [1.165, 1.54) is 11.0 Å². The lowest BCUT2D eigenvalue weighted by atomic mass is 9.99. The van der Waals surface area contributed by atoms with E-state index in [0.717, 1.165) is 10.9 Å². The number of nitrogens with zero attached hydrogens (tertiary/aromatic N) is 4. The van der Waals surface area contributed by atoms with Crippen molar-refractivity contribution in [3.63, 3.8) is 0 Å². The zero-order valence-corrected chi connectivity index (χ0v) is 14.1. The van der Waals surface area contributed by atoms with Crippen LogP contribution in [0, 0.1) is 0 Å². The Morgan fingerprint density at radius 3 is 2.63 bits per heavy atom. The van der Waals surface area contributed by atoms with Crippen molar-refractivity contribution in [1.82, 2.24) is 25.2 Å². The van der Waals surface area contributed by atoms with Gasteiger partial charge in [0.15, 0.2) is 6.10 Å². The van der Waals surface area contributed by atoms with Gasteiger partial charge in [0.05, 0.1) is 0 Å². The molecule has 8 nitrogen and oxygen atoms in total. The van der Waals surface area contributed by atoms with Crippen molar-refractivity contribution >= 4 is 22.7 Å². The third kappa shape index (κ3) is 3.45. The third-order valence-corrected chi connectivity index (χ3v) is 4.13. The normalized spacial score (nSPS) is 12.0. The van der Waals surface area contributed by atoms with E-state index in [4.69, 9.17) is 4.74 Å². The molecule has 1 N–H and O–H groups in total. The van der Waals surface area contributed by atoms with Crippen LogP contribution in [0.4, 0.5) is 0 Å². The summed E-state index contributed by atoms with van der Waals surface area (Å²) in [5.41, 5.74) is 1.90. The van der Waals surface area contributed by atoms with Crippen LogP contribution in [-0.2, 0) is 16.1 Å². The van der Waals surface area contributed by atoms with Crippen LogP contribution in [-0.4, -0.2) is 36.9 Å². The predicted molar refractivity (Wildman–Crippen MR) is 95.7 cm³/mol. The molecule has 0 fully saturated rings. The maximum Gasteiger partial charge on any atom is 0.328 e. The van der Waals surface area contributed by atoms with Crippen LogP contribution in [0.15, 0.2) is 67.1 Å². The second-order valence-corrected chi connectivity index (χ2v) is 5.90. The van der Waals surface area contributed by atoms with E-state index >= 15 is 0 Å². The molecule has 2 aromatic carbocycles. The Morgan fingerprint density at radius 2 is 1.85 bits per heavy atom. The molecule has 0 amide bonds. The number of ether oxygens (including phenoxy) is 1. The van der Waals surface area contributed by atoms with Gasteiger partial charge in [0, 0.05) is 28.2 Å². The zero-order valence-electron chi connectivity index (χ0n) is 14.1. The molecule has 4 rings (SSSR count). The molecule has 0 radical (unpaired) electrons. The highest BCUT2D eigenvalue weighted by atomic mass is 16.5. The van der Waals surface area contributed by atoms with E-state index in [0.29, 0.717) is 11.1 Å². The number of carbonyl (C=O) groups excluding carboxylic acids is 2. The van der Waals surface area contributed by atoms with Gasteiger partial charge in [-0.15, -0.1) is 5.10 Å². The Hall–Kier alpha value is -3.81. The number of fused-ring (bicyclic) bond motifs is 1. The lowest BCUT2D eigenvalue weighted by Gasteiger charge is -2.17. The molecule has 0 spiro atoms. The highest BCUT2D eigenvalue weighted by Crippen LogP contribution is 2.27. The Balaban J connectivity index is 1.65. The summed E-state index contributed by atoms with van der Waals surface area (Å²) in [5.74, 6) is -0.909. The Kier molecular flexibility index (Phi) is 4.44. The average molecular weight is 361 g/mol. The first-order valence-corrected chi connectivity index (χ1v) is 8.28. The first kappa shape index (κ1) is 16.6. The first-order chi connectivity index (χ1) is 13.2. The molecule has 0 aliphatic heterocycles. The molecule has 0 saturated heterocycles. The number of esters is 1. The van der Waals surface area contributed by atoms with E-state index in [9.17, 15) is 9.59 Å². The number of aromatic amines is 1. The van der Waals surface area contributed by atoms with E-state index in [1.54, 1.807) is 30.5 Å². The second kappa shape index (κ2) is 7.20. The molecule has 0 bridgehead atoms. The number of H-pyrrole nitrogens is 1. The largest absolute Gasteiger partial charge is 0.448 e. The quantitative estimate of drug-likeness (QED) is 0.418. The van der Waals surface area contributed by atoms with Crippen LogP contribution in [0.3, 0.4) is 0 Å². The van der Waals surface area contributed by atoms with Crippen molar-refractivity contribution < 1.29 is 14.3 Å². The fraction of sp³-hybridized carbons (Fsp3) is 0.105. The van der Waals surface area contributed by atoms with Gasteiger partial charge in [-0.05, 0) is 16.5 Å². The van der Waals surface area contributed by atoms with Crippen molar-refractivity contribution in [2.24, 2.45) is 0 Å². The summed E-state index contributed by atoms with van der Waals surface area (Å²) in [6.07, 6.45) is 1.88. The smallest absolute Gasteiger partial charge is 0.328 e. The maximum absolute atomic E-state index is 13.2. The molecular formula is C19H15N5O3. The predicted octanol–water partition coefficient (Wildman–Crippen LogP) is 2.32. The highest BCUT2D eigenvalue weighted by molar-refractivity contribution is 6.10. The Morgan fingerprint density at radius 1 is 1.07 bits per heavy atom. The number of tetrazole rings is 1. The standard InChI is InChI=1S/C19H15N5O3/c25-17(11-24-12-21-22-23-24)27-19(13-6-2-1-3-7-13)18(26)15-10-20-16-9-5-4-8-14(15)16/h1-10,12,19-20H,11H2/t19-/m0/s1. The lowest BCUT2D eigenvalue weighted by molar-refractivity contribution is -0.148. The minimum Gasteiger partial charge on any atom is -0.448 e. The van der Waals surface area contributed by atoms with Gasteiger partial charge >= 0.3 is 5.97 Å². The number of Topliss-reactive ketones (excluding diaryl/α,β-unsaturated/α-hetero) is 1. The van der Waals surface area contributed by atoms with Crippen LogP contribution < -0.4 is 0 Å². The van der Waals surface area contributed by atoms with Crippen molar-refractivity contribution in [2.45, 2.75) is 12.6 Å². The van der Waals surface area contributed by atoms with Crippen LogP contribution in [0.25, 0.3) is 10.9 Å². The summed E-state index contributed by atoms with van der Waals surface area (Å²) in [6, 6.07) is 16.4.